The largest absolute Gasteiger partial charge is 0.488 e. The van der Waals surface area contributed by atoms with Crippen molar-refractivity contribution < 1.29 is 4.74 Å². The van der Waals surface area contributed by atoms with Crippen LogP contribution in [0.4, 0.5) is 0 Å². The summed E-state index contributed by atoms with van der Waals surface area (Å²) in [6.07, 6.45) is 3.22. The number of nitrogens with zero attached hydrogens (tertiary/aromatic N) is 3. The Morgan fingerprint density at radius 3 is 2.43 bits per heavy atom. The molecule has 0 saturated heterocycles. The predicted octanol–water partition coefficient (Wildman–Crippen LogP) is 4.34. The Morgan fingerprint density at radius 2 is 1.78 bits per heavy atom. The summed E-state index contributed by atoms with van der Waals surface area (Å²) in [7, 11) is 0. The average molecular weight is 325 g/mol. The molecule has 5 heteroatoms. The van der Waals surface area contributed by atoms with Crippen LogP contribution in [0.5, 0.6) is 5.75 Å². The van der Waals surface area contributed by atoms with Crippen LogP contribution in [0.25, 0.3) is 0 Å². The number of ether oxygens (including phenoxy) is 1. The van der Waals surface area contributed by atoms with Crippen LogP contribution in [0.2, 0.25) is 0 Å². The number of hydrogen-bond donors (Lipinski definition) is 0. The van der Waals surface area contributed by atoms with Gasteiger partial charge in [-0.2, -0.15) is 5.10 Å². The van der Waals surface area contributed by atoms with Crippen LogP contribution in [0.1, 0.15) is 17.9 Å². The smallest absolute Gasteiger partial charge is 0.140 e. The van der Waals surface area contributed by atoms with Gasteiger partial charge in [-0.05, 0) is 38.1 Å². The van der Waals surface area contributed by atoms with E-state index in [-0.39, 0.29) is 11.5 Å². The van der Waals surface area contributed by atoms with Crippen LogP contribution >= 0.6 is 11.8 Å². The number of thioether (sulfide) groups is 1. The molecule has 2 atom stereocenters. The first kappa shape index (κ1) is 15.6. The molecule has 0 amide bonds. The first-order valence-corrected chi connectivity index (χ1v) is 8.39. The van der Waals surface area contributed by atoms with Gasteiger partial charge in [0.2, 0.25) is 0 Å². The summed E-state index contributed by atoms with van der Waals surface area (Å²) in [4.78, 5) is 5.24. The Kier molecular flexibility index (Phi) is 4.98. The van der Waals surface area contributed by atoms with E-state index in [1.54, 1.807) is 24.4 Å². The molecule has 0 radical (unpaired) electrons. The fraction of sp³-hybridized carbons (Fsp3) is 0.222. The highest BCUT2D eigenvalue weighted by atomic mass is 32.2. The van der Waals surface area contributed by atoms with Crippen molar-refractivity contribution in [2.24, 2.45) is 0 Å². The van der Waals surface area contributed by atoms with E-state index >= 15 is 0 Å². The maximum atomic E-state index is 6.12. The SMILES string of the molecule is Cc1ccc(OC(C)C(Sc2ccccc2)n2cncn2)cc1. The number of rotatable bonds is 6. The monoisotopic (exact) mass is 325 g/mol. The van der Waals surface area contributed by atoms with E-state index in [9.17, 15) is 0 Å². The van der Waals surface area contributed by atoms with Gasteiger partial charge in [0.15, 0.2) is 0 Å². The number of aryl methyl sites for hydroxylation is 1. The molecular weight excluding hydrogens is 306 g/mol. The van der Waals surface area contributed by atoms with Crippen LogP contribution < -0.4 is 4.74 Å². The molecule has 0 aliphatic heterocycles. The van der Waals surface area contributed by atoms with E-state index in [2.05, 4.69) is 48.2 Å². The van der Waals surface area contributed by atoms with Crippen molar-refractivity contribution in [3.8, 4) is 5.75 Å². The molecule has 1 aromatic heterocycles. The van der Waals surface area contributed by atoms with Crippen LogP contribution in [0, 0.1) is 6.92 Å². The van der Waals surface area contributed by atoms with E-state index in [4.69, 9.17) is 4.74 Å². The fourth-order valence-corrected chi connectivity index (χ4v) is 3.30. The molecule has 0 N–H and O–H groups in total. The third kappa shape index (κ3) is 4.13. The van der Waals surface area contributed by atoms with Gasteiger partial charge in [-0.3, -0.25) is 0 Å². The van der Waals surface area contributed by atoms with Gasteiger partial charge in [0.05, 0.1) is 0 Å². The highest BCUT2D eigenvalue weighted by Gasteiger charge is 2.23. The quantitative estimate of drug-likeness (QED) is 0.632. The molecule has 4 nitrogen and oxygen atoms in total. The lowest BCUT2D eigenvalue weighted by molar-refractivity contribution is 0.189. The van der Waals surface area contributed by atoms with E-state index < -0.39 is 0 Å². The second-order valence-electron chi connectivity index (χ2n) is 5.33. The van der Waals surface area contributed by atoms with Gasteiger partial charge in [-0.25, -0.2) is 9.67 Å². The summed E-state index contributed by atoms with van der Waals surface area (Å²) in [5, 5.41) is 4.30. The maximum Gasteiger partial charge on any atom is 0.140 e. The van der Waals surface area contributed by atoms with E-state index in [1.165, 1.54) is 10.5 Å². The van der Waals surface area contributed by atoms with E-state index in [0.717, 1.165) is 5.75 Å². The van der Waals surface area contributed by atoms with Gasteiger partial charge < -0.3 is 4.74 Å². The molecule has 23 heavy (non-hydrogen) atoms. The van der Waals surface area contributed by atoms with E-state index in [1.807, 2.05) is 35.0 Å². The van der Waals surface area contributed by atoms with Gasteiger partial charge in [-0.1, -0.05) is 47.7 Å². The molecule has 118 valence electrons. The zero-order valence-electron chi connectivity index (χ0n) is 13.2. The molecule has 0 spiro atoms. The van der Waals surface area contributed by atoms with Crippen LogP contribution in [0.15, 0.2) is 72.1 Å². The Morgan fingerprint density at radius 1 is 1.04 bits per heavy atom. The van der Waals surface area contributed by atoms with Crippen molar-refractivity contribution in [2.45, 2.75) is 30.2 Å². The van der Waals surface area contributed by atoms with Crippen LogP contribution in [-0.4, -0.2) is 20.9 Å². The molecule has 0 saturated carbocycles. The lowest BCUT2D eigenvalue weighted by atomic mass is 10.2. The molecule has 0 aliphatic rings. The summed E-state index contributed by atoms with van der Waals surface area (Å²) >= 11 is 1.71. The van der Waals surface area contributed by atoms with E-state index in [0.29, 0.717) is 0 Å². The van der Waals surface area contributed by atoms with Gasteiger partial charge in [-0.15, -0.1) is 0 Å². The van der Waals surface area contributed by atoms with Crippen molar-refractivity contribution in [1.82, 2.24) is 14.8 Å². The minimum Gasteiger partial charge on any atom is -0.488 e. The number of hydrogen-bond acceptors (Lipinski definition) is 4. The second kappa shape index (κ2) is 7.33. The topological polar surface area (TPSA) is 39.9 Å². The third-order valence-electron chi connectivity index (χ3n) is 3.44. The molecule has 0 aliphatic carbocycles. The zero-order chi connectivity index (χ0) is 16.1. The van der Waals surface area contributed by atoms with Crippen molar-refractivity contribution in [3.63, 3.8) is 0 Å². The molecular formula is C18H19N3OS. The zero-order valence-corrected chi connectivity index (χ0v) is 14.0. The highest BCUT2D eigenvalue weighted by molar-refractivity contribution is 7.99. The molecule has 3 aromatic rings. The van der Waals surface area contributed by atoms with Gasteiger partial charge in [0, 0.05) is 4.90 Å². The summed E-state index contributed by atoms with van der Waals surface area (Å²) in [6, 6.07) is 18.4. The van der Waals surface area contributed by atoms with Crippen molar-refractivity contribution in [1.29, 1.82) is 0 Å². The predicted molar refractivity (Wildman–Crippen MR) is 92.6 cm³/mol. The van der Waals surface area contributed by atoms with Gasteiger partial charge in [0.25, 0.3) is 0 Å². The number of benzene rings is 2. The Balaban J connectivity index is 1.78. The minimum absolute atomic E-state index is 0.00111. The van der Waals surface area contributed by atoms with Crippen molar-refractivity contribution in [3.05, 3.63) is 72.8 Å². The average Bonchev–Trinajstić information content (AvgIpc) is 3.10. The molecule has 0 bridgehead atoms. The first-order chi connectivity index (χ1) is 11.2. The molecule has 2 aromatic carbocycles. The summed E-state index contributed by atoms with van der Waals surface area (Å²) in [6.45, 7) is 4.12. The normalized spacial score (nSPS) is 13.5. The van der Waals surface area contributed by atoms with Gasteiger partial charge in [0.1, 0.15) is 29.9 Å². The van der Waals surface area contributed by atoms with Crippen LogP contribution in [-0.2, 0) is 0 Å². The summed E-state index contributed by atoms with van der Waals surface area (Å²) in [5.74, 6) is 0.863. The minimum atomic E-state index is -0.0652. The molecule has 1 heterocycles. The Hall–Kier alpha value is -2.27. The molecule has 3 rings (SSSR count). The summed E-state index contributed by atoms with van der Waals surface area (Å²) in [5.41, 5.74) is 1.22. The standard InChI is InChI=1S/C18H19N3OS/c1-14-8-10-16(11-9-14)22-15(2)18(21-13-19-12-20-21)23-17-6-4-3-5-7-17/h3-13,15,18H,1-2H3. The lowest BCUT2D eigenvalue weighted by Crippen LogP contribution is -2.25. The molecule has 2 unspecified atom stereocenters. The third-order valence-corrected chi connectivity index (χ3v) is 4.83. The van der Waals surface area contributed by atoms with Crippen LogP contribution in [0.3, 0.4) is 0 Å². The maximum absolute atomic E-state index is 6.12. The highest BCUT2D eigenvalue weighted by Crippen LogP contribution is 2.34. The number of aromatic nitrogens is 3. The second-order valence-corrected chi connectivity index (χ2v) is 6.52. The van der Waals surface area contributed by atoms with Gasteiger partial charge >= 0.3 is 0 Å². The Labute approximate surface area is 140 Å². The fourth-order valence-electron chi connectivity index (χ4n) is 2.24. The Bertz CT molecular complexity index is 714. The molecule has 0 fully saturated rings. The first-order valence-electron chi connectivity index (χ1n) is 7.51. The van der Waals surface area contributed by atoms with Crippen molar-refractivity contribution in [2.75, 3.05) is 0 Å². The lowest BCUT2D eigenvalue weighted by Gasteiger charge is -2.24. The van der Waals surface area contributed by atoms with Crippen molar-refractivity contribution >= 4 is 11.8 Å². The summed E-state index contributed by atoms with van der Waals surface area (Å²) < 4.78 is 7.96.